The number of halogens is 2. The molecule has 108 valence electrons. The summed E-state index contributed by atoms with van der Waals surface area (Å²) in [5.74, 6) is 0.380. The average molecular weight is 353 g/mol. The van der Waals surface area contributed by atoms with E-state index in [0.29, 0.717) is 22.2 Å². The van der Waals surface area contributed by atoms with E-state index in [1.165, 1.54) is 13.2 Å². The van der Waals surface area contributed by atoms with Gasteiger partial charge in [0.1, 0.15) is 5.75 Å². The Kier molecular flexibility index (Phi) is 4.43. The first kappa shape index (κ1) is 15.4. The van der Waals surface area contributed by atoms with Crippen LogP contribution < -0.4 is 9.46 Å². The number of nitrogens with one attached hydrogen (secondary N) is 1. The van der Waals surface area contributed by atoms with Crippen LogP contribution in [0.25, 0.3) is 0 Å². The van der Waals surface area contributed by atoms with Crippen LogP contribution >= 0.6 is 34.5 Å². The molecule has 9 heteroatoms. The molecule has 0 spiro atoms. The van der Waals surface area contributed by atoms with Gasteiger partial charge in [0.05, 0.1) is 23.5 Å². The number of ether oxygens (including phenoxy) is 1. The molecule has 20 heavy (non-hydrogen) atoms. The van der Waals surface area contributed by atoms with E-state index in [-0.39, 0.29) is 8.68 Å². The predicted molar refractivity (Wildman–Crippen MR) is 80.7 cm³/mol. The summed E-state index contributed by atoms with van der Waals surface area (Å²) in [7, 11) is -2.29. The van der Waals surface area contributed by atoms with E-state index >= 15 is 0 Å². The van der Waals surface area contributed by atoms with E-state index in [2.05, 4.69) is 9.71 Å². The van der Waals surface area contributed by atoms with Crippen molar-refractivity contribution in [2.45, 2.75) is 11.1 Å². The molecule has 1 aromatic heterocycles. The minimum atomic E-state index is -3.74. The summed E-state index contributed by atoms with van der Waals surface area (Å²) >= 11 is 12.5. The maximum absolute atomic E-state index is 12.2. The maximum Gasteiger partial charge on any atom is 0.273 e. The molecule has 0 radical (unpaired) electrons. The number of anilines is 1. The van der Waals surface area contributed by atoms with Crippen LogP contribution in [0.5, 0.6) is 5.75 Å². The molecular weight excluding hydrogens is 343 g/mol. The third kappa shape index (κ3) is 3.17. The molecule has 5 nitrogen and oxygen atoms in total. The Labute approximate surface area is 130 Å². The first-order valence-electron chi connectivity index (χ1n) is 5.33. The fourth-order valence-electron chi connectivity index (χ4n) is 1.52. The number of nitrogens with zero attached hydrogens (tertiary/aromatic N) is 1. The number of hydrogen-bond donors (Lipinski definition) is 1. The lowest BCUT2D eigenvalue weighted by Crippen LogP contribution is -2.12. The van der Waals surface area contributed by atoms with Gasteiger partial charge < -0.3 is 4.74 Å². The average Bonchev–Trinajstić information content (AvgIpc) is 2.71. The molecule has 1 N–H and O–H groups in total. The van der Waals surface area contributed by atoms with Gasteiger partial charge in [-0.25, -0.2) is 13.4 Å². The lowest BCUT2D eigenvalue weighted by molar-refractivity contribution is 0.415. The van der Waals surface area contributed by atoms with Gasteiger partial charge in [0.2, 0.25) is 0 Å². The normalized spacial score (nSPS) is 11.4. The Hall–Kier alpha value is -1.02. The molecule has 1 heterocycles. The van der Waals surface area contributed by atoms with Gasteiger partial charge >= 0.3 is 0 Å². The molecule has 0 saturated heterocycles. The Bertz CT molecular complexity index is 744. The van der Waals surface area contributed by atoms with Crippen LogP contribution in [0.4, 0.5) is 5.69 Å². The van der Waals surface area contributed by atoms with Gasteiger partial charge in [0.25, 0.3) is 10.0 Å². The topological polar surface area (TPSA) is 68.3 Å². The molecule has 2 rings (SSSR count). The van der Waals surface area contributed by atoms with Crippen molar-refractivity contribution in [1.29, 1.82) is 0 Å². The summed E-state index contributed by atoms with van der Waals surface area (Å²) in [6, 6.07) is 4.59. The number of rotatable bonds is 4. The highest BCUT2D eigenvalue weighted by Gasteiger charge is 2.21. The molecule has 0 unspecified atom stereocenters. The third-order valence-electron chi connectivity index (χ3n) is 2.38. The first-order chi connectivity index (χ1) is 9.33. The van der Waals surface area contributed by atoms with Crippen molar-refractivity contribution in [3.63, 3.8) is 0 Å². The number of hydrogen-bond acceptors (Lipinski definition) is 5. The van der Waals surface area contributed by atoms with Crippen LogP contribution in [0, 0.1) is 6.92 Å². The van der Waals surface area contributed by atoms with Crippen molar-refractivity contribution in [1.82, 2.24) is 4.98 Å². The minimum Gasteiger partial charge on any atom is -0.495 e. The number of thiazole rings is 1. The lowest BCUT2D eigenvalue weighted by atomic mass is 10.3. The molecular formula is C11H10Cl2N2O3S2. The standard InChI is InChI=1S/C11H10Cl2N2O3S2/c1-6-10(19-11(13)14-6)20(16,17)15-7-3-4-8(12)9(5-7)18-2/h3-5,15H,1-2H3. The summed E-state index contributed by atoms with van der Waals surface area (Å²) in [5.41, 5.74) is 0.698. The molecule has 1 aromatic carbocycles. The Morgan fingerprint density at radius 1 is 1.35 bits per heavy atom. The number of aryl methyl sites for hydroxylation is 1. The molecule has 0 fully saturated rings. The van der Waals surface area contributed by atoms with Crippen molar-refractivity contribution in [3.8, 4) is 5.75 Å². The van der Waals surface area contributed by atoms with Gasteiger partial charge in [0.15, 0.2) is 8.68 Å². The van der Waals surface area contributed by atoms with Gasteiger partial charge in [-0.2, -0.15) is 0 Å². The van der Waals surface area contributed by atoms with Gasteiger partial charge in [-0.1, -0.05) is 34.5 Å². The summed E-state index contributed by atoms with van der Waals surface area (Å²) < 4.78 is 32.2. The second kappa shape index (κ2) is 5.77. The highest BCUT2D eigenvalue weighted by atomic mass is 35.5. The van der Waals surface area contributed by atoms with Crippen LogP contribution in [-0.2, 0) is 10.0 Å². The number of aromatic nitrogens is 1. The quantitative estimate of drug-likeness (QED) is 0.913. The zero-order valence-corrected chi connectivity index (χ0v) is 13.6. The van der Waals surface area contributed by atoms with Crippen molar-refractivity contribution in [2.24, 2.45) is 0 Å². The first-order valence-corrected chi connectivity index (χ1v) is 8.38. The fourth-order valence-corrected chi connectivity index (χ4v) is 4.51. The van der Waals surface area contributed by atoms with E-state index in [1.807, 2.05) is 0 Å². The Balaban J connectivity index is 2.36. The molecule has 0 atom stereocenters. The molecule has 2 aromatic rings. The zero-order chi connectivity index (χ0) is 14.9. The van der Waals surface area contributed by atoms with E-state index in [0.717, 1.165) is 11.3 Å². The van der Waals surface area contributed by atoms with Crippen LogP contribution in [0.15, 0.2) is 22.4 Å². The van der Waals surface area contributed by atoms with Crippen molar-refractivity contribution >= 4 is 50.2 Å². The SMILES string of the molecule is COc1cc(NS(=O)(=O)c2sc(Cl)nc2C)ccc1Cl. The van der Waals surface area contributed by atoms with Crippen LogP contribution in [-0.4, -0.2) is 20.5 Å². The second-order valence-electron chi connectivity index (χ2n) is 3.79. The monoisotopic (exact) mass is 352 g/mol. The Morgan fingerprint density at radius 2 is 2.05 bits per heavy atom. The highest BCUT2D eigenvalue weighted by molar-refractivity contribution is 7.94. The zero-order valence-electron chi connectivity index (χ0n) is 10.5. The largest absolute Gasteiger partial charge is 0.495 e. The number of benzene rings is 1. The molecule has 0 aliphatic heterocycles. The molecule has 0 aliphatic carbocycles. The van der Waals surface area contributed by atoms with E-state index in [9.17, 15) is 8.42 Å². The van der Waals surface area contributed by atoms with Crippen LogP contribution in [0.2, 0.25) is 9.49 Å². The Morgan fingerprint density at radius 3 is 2.60 bits per heavy atom. The van der Waals surface area contributed by atoms with Crippen molar-refractivity contribution < 1.29 is 13.2 Å². The third-order valence-corrected chi connectivity index (χ3v) is 5.94. The smallest absolute Gasteiger partial charge is 0.273 e. The van der Waals surface area contributed by atoms with Crippen molar-refractivity contribution in [3.05, 3.63) is 33.4 Å². The highest BCUT2D eigenvalue weighted by Crippen LogP contribution is 2.31. The van der Waals surface area contributed by atoms with Crippen molar-refractivity contribution in [2.75, 3.05) is 11.8 Å². The van der Waals surface area contributed by atoms with Crippen LogP contribution in [0.3, 0.4) is 0 Å². The van der Waals surface area contributed by atoms with E-state index in [4.69, 9.17) is 27.9 Å². The lowest BCUT2D eigenvalue weighted by Gasteiger charge is -2.09. The van der Waals surface area contributed by atoms with Gasteiger partial charge in [-0.15, -0.1) is 0 Å². The summed E-state index contributed by atoms with van der Waals surface area (Å²) in [5, 5.41) is 0.396. The van der Waals surface area contributed by atoms with Gasteiger partial charge in [0, 0.05) is 6.07 Å². The molecule has 0 bridgehead atoms. The molecule has 0 saturated carbocycles. The van der Waals surface area contributed by atoms with Gasteiger partial charge in [-0.3, -0.25) is 4.72 Å². The summed E-state index contributed by atoms with van der Waals surface area (Å²) in [6.45, 7) is 1.58. The summed E-state index contributed by atoms with van der Waals surface area (Å²) in [6.07, 6.45) is 0. The predicted octanol–water partition coefficient (Wildman–Crippen LogP) is 3.57. The van der Waals surface area contributed by atoms with Crippen LogP contribution in [0.1, 0.15) is 5.69 Å². The van der Waals surface area contributed by atoms with E-state index < -0.39 is 10.0 Å². The molecule has 0 amide bonds. The fraction of sp³-hybridized carbons (Fsp3) is 0.182. The number of sulfonamides is 1. The maximum atomic E-state index is 12.2. The van der Waals surface area contributed by atoms with E-state index in [1.54, 1.807) is 19.1 Å². The minimum absolute atomic E-state index is 0.0800. The van der Waals surface area contributed by atoms with Gasteiger partial charge in [-0.05, 0) is 19.1 Å². The number of methoxy groups -OCH3 is 1. The summed E-state index contributed by atoms with van der Waals surface area (Å²) in [4.78, 5) is 3.89. The molecule has 0 aliphatic rings. The second-order valence-corrected chi connectivity index (χ2v) is 7.66.